The number of thiophene rings is 1. The summed E-state index contributed by atoms with van der Waals surface area (Å²) in [6.45, 7) is 2.02. The van der Waals surface area contributed by atoms with Crippen LogP contribution < -0.4 is 5.54 Å². The van der Waals surface area contributed by atoms with Crippen molar-refractivity contribution in [1.29, 1.82) is 0 Å². The summed E-state index contributed by atoms with van der Waals surface area (Å²) in [7, 11) is 0. The van der Waals surface area contributed by atoms with Crippen molar-refractivity contribution in [1.82, 2.24) is 5.54 Å². The molecule has 0 fully saturated rings. The Balaban J connectivity index is 0.00000200. The topological polar surface area (TPSA) is 29.1 Å². The first kappa shape index (κ1) is 17.6. The minimum atomic E-state index is -0.546. The molecule has 1 aromatic heterocycles. The second-order valence-electron chi connectivity index (χ2n) is 4.56. The van der Waals surface area contributed by atoms with Crippen LogP contribution in [0.3, 0.4) is 0 Å². The summed E-state index contributed by atoms with van der Waals surface area (Å²) in [6.07, 6.45) is 1.12. The number of nitrogens with one attached hydrogen (secondary N) is 1. The molecule has 0 aliphatic carbocycles. The molecule has 1 aromatic carbocycles. The molecule has 108 valence electrons. The van der Waals surface area contributed by atoms with E-state index in [1.165, 1.54) is 10.4 Å². The molecule has 20 heavy (non-hydrogen) atoms. The van der Waals surface area contributed by atoms with Crippen molar-refractivity contribution in [2.45, 2.75) is 19.8 Å². The average molecular weight is 317 g/mol. The zero-order valence-electron chi connectivity index (χ0n) is 11.1. The number of benzene rings is 1. The number of hydrogen-bond acceptors (Lipinski definition) is 2. The third-order valence-corrected chi connectivity index (χ3v) is 4.06. The Morgan fingerprint density at radius 3 is 2.45 bits per heavy atom. The van der Waals surface area contributed by atoms with Gasteiger partial charge in [0.1, 0.15) is 0 Å². The number of amides is 1. The van der Waals surface area contributed by atoms with Crippen molar-refractivity contribution in [2.24, 2.45) is 5.92 Å². The van der Waals surface area contributed by atoms with Crippen LogP contribution in [0.2, 0.25) is 0 Å². The van der Waals surface area contributed by atoms with E-state index in [1.54, 1.807) is 11.3 Å². The van der Waals surface area contributed by atoms with E-state index in [2.05, 4.69) is 0 Å². The van der Waals surface area contributed by atoms with E-state index < -0.39 is 5.91 Å². The van der Waals surface area contributed by atoms with Crippen LogP contribution in [0.15, 0.2) is 42.5 Å². The second kappa shape index (κ2) is 8.78. The molecule has 0 saturated carbocycles. The quantitative estimate of drug-likeness (QED) is 0.841. The molecule has 1 N–H and O–H groups in total. The van der Waals surface area contributed by atoms with Gasteiger partial charge in [0, 0.05) is 53.4 Å². The monoisotopic (exact) mass is 317 g/mol. The van der Waals surface area contributed by atoms with Crippen molar-refractivity contribution in [3.63, 3.8) is 0 Å². The number of hydrogen-bond donors (Lipinski definition) is 1. The number of rotatable bonds is 5. The molecule has 5 heteroatoms. The summed E-state index contributed by atoms with van der Waals surface area (Å²) < 4.78 is 12.5. The van der Waals surface area contributed by atoms with Crippen LogP contribution in [0.4, 0.5) is 4.48 Å². The summed E-state index contributed by atoms with van der Waals surface area (Å²) in [5.74, 6) is -0.916. The zero-order chi connectivity index (χ0) is 13.7. The van der Waals surface area contributed by atoms with Crippen LogP contribution in [-0.2, 0) is 17.6 Å². The molecule has 0 radical (unpaired) electrons. The minimum absolute atomic E-state index is 0. The van der Waals surface area contributed by atoms with Gasteiger partial charge in [-0.15, -0.1) is 15.8 Å². The summed E-state index contributed by atoms with van der Waals surface area (Å²) in [4.78, 5) is 14.0. The molecule has 2 nitrogen and oxygen atoms in total. The number of halogens is 1. The maximum atomic E-state index is 12.5. The fraction of sp³-hybridized carbons (Fsp3) is 0.267. The van der Waals surface area contributed by atoms with Crippen LogP contribution in [0.25, 0.3) is 0 Å². The fourth-order valence-corrected chi connectivity index (χ4v) is 3.04. The van der Waals surface area contributed by atoms with E-state index in [9.17, 15) is 9.28 Å². The first-order valence-electron chi connectivity index (χ1n) is 6.19. The Hall–Kier alpha value is -0.420. The molecule has 1 atom stereocenters. The third-order valence-electron chi connectivity index (χ3n) is 3.03. The average Bonchev–Trinajstić information content (AvgIpc) is 2.84. The zero-order valence-corrected chi connectivity index (χ0v) is 12.6. The van der Waals surface area contributed by atoms with Gasteiger partial charge in [0.25, 0.3) is 5.91 Å². The predicted octanol–water partition coefficient (Wildman–Crippen LogP) is 3.46. The van der Waals surface area contributed by atoms with Crippen molar-refractivity contribution in [3.8, 4) is 0 Å². The Kier molecular flexibility index (Phi) is 7.74. The van der Waals surface area contributed by atoms with E-state index in [0.717, 1.165) is 10.4 Å². The summed E-state index contributed by atoms with van der Waals surface area (Å²) in [6, 6.07) is 13.7. The van der Waals surface area contributed by atoms with Gasteiger partial charge in [0.2, 0.25) is 0 Å². The summed E-state index contributed by atoms with van der Waals surface area (Å²) in [5, 5.41) is 0. The Bertz CT molecular complexity index is 544. The molecule has 0 spiro atoms. The number of carbonyl (C=O) groups excluding carboxylic acids is 1. The maximum absolute atomic E-state index is 12.5. The normalized spacial score (nSPS) is 11.5. The molecule has 2 aromatic rings. The maximum Gasteiger partial charge on any atom is 0.251 e. The number of aryl methyl sites for hydroxylation is 1. The van der Waals surface area contributed by atoms with Gasteiger partial charge in [-0.3, -0.25) is 4.79 Å². The molecule has 0 bridgehead atoms. The standard InChI is InChI=1S/C15H16FNOS.Ar/c1-11-7-8-14(19-11)10-13(15(18)17-16)9-12-5-3-2-4-6-12;/h2-8,13H,9-10H2,1H3,(H,17,18);/t13-;/m1./s1. The van der Waals surface area contributed by atoms with Gasteiger partial charge in [-0.05, 0) is 37.5 Å². The van der Waals surface area contributed by atoms with Gasteiger partial charge in [-0.2, -0.15) is 5.54 Å². The first-order chi connectivity index (χ1) is 9.19. The molecule has 0 saturated heterocycles. The molecule has 0 unspecified atom stereocenters. The van der Waals surface area contributed by atoms with Crippen LogP contribution in [0.1, 0.15) is 15.3 Å². The summed E-state index contributed by atoms with van der Waals surface area (Å²) >= 11 is 1.65. The fourth-order valence-electron chi connectivity index (χ4n) is 2.07. The van der Waals surface area contributed by atoms with Gasteiger partial charge in [0.05, 0.1) is 0 Å². The van der Waals surface area contributed by atoms with Crippen LogP contribution in [0, 0.1) is 50.6 Å². The second-order valence-corrected chi connectivity index (χ2v) is 5.93. The third kappa shape index (κ3) is 5.17. The van der Waals surface area contributed by atoms with Gasteiger partial charge >= 0.3 is 0 Å². The molecular formula is C15H16ArFNOS. The SMILES string of the molecule is Cc1ccc(C[C@@H](Cc2ccccc2)C(=O)NF)s1.[Ar]. The number of carbonyl (C=O) groups is 1. The van der Waals surface area contributed by atoms with Crippen molar-refractivity contribution in [2.75, 3.05) is 0 Å². The molecule has 0 aliphatic heterocycles. The van der Waals surface area contributed by atoms with E-state index >= 15 is 0 Å². The van der Waals surface area contributed by atoms with E-state index in [1.807, 2.05) is 49.4 Å². The Morgan fingerprint density at radius 2 is 1.90 bits per heavy atom. The van der Waals surface area contributed by atoms with E-state index in [4.69, 9.17) is 0 Å². The van der Waals surface area contributed by atoms with Gasteiger partial charge < -0.3 is 0 Å². The molecule has 2 rings (SSSR count). The first-order valence-corrected chi connectivity index (χ1v) is 7.00. The van der Waals surface area contributed by atoms with Crippen LogP contribution in [0.5, 0.6) is 0 Å². The molecule has 0 aliphatic rings. The Labute approximate surface area is 152 Å². The van der Waals surface area contributed by atoms with Crippen LogP contribution >= 0.6 is 11.3 Å². The van der Waals surface area contributed by atoms with Crippen molar-refractivity contribution >= 4 is 17.2 Å². The molecule has 1 amide bonds. The van der Waals surface area contributed by atoms with Gasteiger partial charge in [-0.25, -0.2) is 0 Å². The molecule has 1 heterocycles. The van der Waals surface area contributed by atoms with Crippen molar-refractivity contribution in [3.05, 3.63) is 57.8 Å². The predicted molar refractivity (Wildman–Crippen MR) is 75.6 cm³/mol. The Morgan fingerprint density at radius 1 is 1.20 bits per heavy atom. The minimum Gasteiger partial charge on any atom is -0.272 e. The molecular weight excluding hydrogens is 301 g/mol. The van der Waals surface area contributed by atoms with Gasteiger partial charge in [-0.1, -0.05) is 30.3 Å². The smallest absolute Gasteiger partial charge is 0.251 e. The van der Waals surface area contributed by atoms with Gasteiger partial charge in [0.15, 0.2) is 0 Å². The summed E-state index contributed by atoms with van der Waals surface area (Å²) in [5.41, 5.74) is 2.32. The van der Waals surface area contributed by atoms with E-state index in [0.29, 0.717) is 12.8 Å². The van der Waals surface area contributed by atoms with Crippen LogP contribution in [-0.4, -0.2) is 5.91 Å². The van der Waals surface area contributed by atoms with Crippen molar-refractivity contribution < 1.29 is 47.0 Å². The van der Waals surface area contributed by atoms with E-state index in [-0.39, 0.29) is 43.7 Å². The largest absolute Gasteiger partial charge is 0.272 e.